The molecule has 1 amide bonds. The summed E-state index contributed by atoms with van der Waals surface area (Å²) in [5.41, 5.74) is 5.57. The molecule has 0 saturated carbocycles. The van der Waals surface area contributed by atoms with Gasteiger partial charge in [0.2, 0.25) is 11.7 Å². The van der Waals surface area contributed by atoms with Crippen LogP contribution >= 0.6 is 0 Å². The van der Waals surface area contributed by atoms with Gasteiger partial charge in [-0.1, -0.05) is 12.1 Å². The van der Waals surface area contributed by atoms with Crippen LogP contribution in [0.3, 0.4) is 0 Å². The third-order valence-electron chi connectivity index (χ3n) is 5.50. The van der Waals surface area contributed by atoms with E-state index in [1.165, 1.54) is 17.0 Å². The summed E-state index contributed by atoms with van der Waals surface area (Å²) in [4.78, 5) is 23.9. The lowest BCUT2D eigenvalue weighted by Crippen LogP contribution is -2.42. The number of aromatic carboxylic acids is 1. The van der Waals surface area contributed by atoms with Crippen LogP contribution in [0, 0.1) is 17.5 Å². The Labute approximate surface area is 211 Å². The van der Waals surface area contributed by atoms with E-state index in [1.54, 1.807) is 12.1 Å². The predicted octanol–water partition coefficient (Wildman–Crippen LogP) is 3.11. The number of halogens is 6. The molecule has 3 aromatic rings. The van der Waals surface area contributed by atoms with E-state index in [0.717, 1.165) is 4.57 Å². The van der Waals surface area contributed by atoms with Gasteiger partial charge in [0.25, 0.3) is 0 Å². The summed E-state index contributed by atoms with van der Waals surface area (Å²) in [5, 5.41) is 23.9. The number of carbonyl (C=O) groups excluding carboxylic acids is 1. The first-order chi connectivity index (χ1) is 17.8. The molecule has 1 aliphatic heterocycles. The lowest BCUT2D eigenvalue weighted by Gasteiger charge is -2.29. The minimum absolute atomic E-state index is 0.000783. The second kappa shape index (κ2) is 11.5. The lowest BCUT2D eigenvalue weighted by molar-refractivity contribution is -0.148. The quantitative estimate of drug-likeness (QED) is 0.331. The molecule has 9 nitrogen and oxygen atoms in total. The Morgan fingerprint density at radius 1 is 1.03 bits per heavy atom. The summed E-state index contributed by atoms with van der Waals surface area (Å²) in [5.74, 6) is -6.46. The number of nitrogens with two attached hydrogens (primary N) is 1. The van der Waals surface area contributed by atoms with Crippen molar-refractivity contribution < 1.29 is 46.1 Å². The zero-order chi connectivity index (χ0) is 28.2. The fourth-order valence-electron chi connectivity index (χ4n) is 3.66. The maximum absolute atomic E-state index is 13.7. The summed E-state index contributed by atoms with van der Waals surface area (Å²) in [6, 6.07) is 6.00. The second-order valence-electron chi connectivity index (χ2n) is 8.25. The van der Waals surface area contributed by atoms with Crippen molar-refractivity contribution >= 4 is 11.9 Å². The number of amides is 1. The van der Waals surface area contributed by atoms with E-state index in [9.17, 15) is 35.9 Å². The molecule has 1 aromatic heterocycles. The van der Waals surface area contributed by atoms with E-state index in [-0.39, 0.29) is 55.2 Å². The number of phenols is 1. The largest absolute Gasteiger partial charge is 0.507 e. The zero-order valence-corrected chi connectivity index (χ0v) is 19.4. The van der Waals surface area contributed by atoms with Crippen molar-refractivity contribution in [3.05, 3.63) is 76.6 Å². The Bertz CT molecular complexity index is 1330. The molecule has 0 fully saturated rings. The molecule has 0 unspecified atom stereocenters. The molecule has 204 valence electrons. The molecule has 4 rings (SSSR count). The van der Waals surface area contributed by atoms with Crippen LogP contribution in [0.15, 0.2) is 36.4 Å². The third kappa shape index (κ3) is 6.79. The number of nitrogens with zero attached hydrogens (tertiary/aromatic N) is 4. The summed E-state index contributed by atoms with van der Waals surface area (Å²) in [6.07, 6.45) is -5.11. The van der Waals surface area contributed by atoms with Crippen molar-refractivity contribution in [2.75, 3.05) is 6.54 Å². The normalized spacial score (nSPS) is 13.8. The Morgan fingerprint density at radius 3 is 2.29 bits per heavy atom. The Kier molecular flexibility index (Phi) is 8.60. The molecule has 2 heterocycles. The number of carboxylic acid groups (broad SMARTS) is 1. The van der Waals surface area contributed by atoms with Gasteiger partial charge >= 0.3 is 12.1 Å². The molecule has 15 heteroatoms. The second-order valence-corrected chi connectivity index (χ2v) is 8.25. The number of fused-ring (bicyclic) bond motifs is 1. The minimum atomic E-state index is -4.64. The van der Waals surface area contributed by atoms with E-state index in [2.05, 4.69) is 10.2 Å². The standard InChI is InChI=1S/C16H15F6N5O.C7H6O3/c17-10-6-12(19)11(18)4-8(10)3-9(23)5-14(28)26-1-2-27-13(7-26)24-25-15(27)16(20,21)22;8-6-4-2-1-3-5(6)7(9)10/h4,6,9H,1-3,5,7,23H2;1-4,8H,(H,9,10)/t9-;/m1./s1. The molecule has 0 bridgehead atoms. The first-order valence-electron chi connectivity index (χ1n) is 10.9. The van der Waals surface area contributed by atoms with Crippen LogP contribution in [0.2, 0.25) is 0 Å². The van der Waals surface area contributed by atoms with E-state index in [1.807, 2.05) is 0 Å². The monoisotopic (exact) mass is 545 g/mol. The van der Waals surface area contributed by atoms with Crippen molar-refractivity contribution in [3.63, 3.8) is 0 Å². The van der Waals surface area contributed by atoms with Crippen LogP contribution in [-0.4, -0.2) is 54.3 Å². The number of aromatic hydroxyl groups is 1. The third-order valence-corrected chi connectivity index (χ3v) is 5.50. The van der Waals surface area contributed by atoms with Crippen molar-refractivity contribution in [3.8, 4) is 5.75 Å². The number of alkyl halides is 3. The topological polar surface area (TPSA) is 135 Å². The molecular formula is C23H21F6N5O4. The van der Waals surface area contributed by atoms with Crippen LogP contribution in [0.1, 0.15) is 34.0 Å². The van der Waals surface area contributed by atoms with Gasteiger partial charge in [-0.2, -0.15) is 13.2 Å². The lowest BCUT2D eigenvalue weighted by atomic mass is 10.0. The van der Waals surface area contributed by atoms with E-state index < -0.39 is 47.4 Å². The Balaban J connectivity index is 0.000000336. The maximum Gasteiger partial charge on any atom is 0.451 e. The summed E-state index contributed by atoms with van der Waals surface area (Å²) in [7, 11) is 0. The summed E-state index contributed by atoms with van der Waals surface area (Å²) < 4.78 is 79.3. The number of hydrogen-bond donors (Lipinski definition) is 3. The molecule has 0 aliphatic carbocycles. The van der Waals surface area contributed by atoms with Gasteiger partial charge in [0.15, 0.2) is 17.5 Å². The van der Waals surface area contributed by atoms with Crippen molar-refractivity contribution in [1.82, 2.24) is 19.7 Å². The summed E-state index contributed by atoms with van der Waals surface area (Å²) in [6.45, 7) is -0.302. The Hall–Kier alpha value is -4.14. The maximum atomic E-state index is 13.7. The van der Waals surface area contributed by atoms with Gasteiger partial charge in [0.05, 0.1) is 6.54 Å². The highest BCUT2D eigenvalue weighted by Gasteiger charge is 2.40. The van der Waals surface area contributed by atoms with Crippen LogP contribution in [0.25, 0.3) is 0 Å². The Morgan fingerprint density at radius 2 is 1.68 bits per heavy atom. The van der Waals surface area contributed by atoms with Gasteiger partial charge in [-0.05, 0) is 30.2 Å². The van der Waals surface area contributed by atoms with Gasteiger partial charge in [0, 0.05) is 31.6 Å². The number of aromatic nitrogens is 3. The highest BCUT2D eigenvalue weighted by molar-refractivity contribution is 5.90. The van der Waals surface area contributed by atoms with Crippen LogP contribution in [-0.2, 0) is 30.5 Å². The average Bonchev–Trinajstić information content (AvgIpc) is 3.27. The van der Waals surface area contributed by atoms with Crippen molar-refractivity contribution in [2.45, 2.75) is 38.1 Å². The van der Waals surface area contributed by atoms with Gasteiger partial charge in [0.1, 0.15) is 17.1 Å². The van der Waals surface area contributed by atoms with Crippen LogP contribution in [0.4, 0.5) is 26.3 Å². The smallest absolute Gasteiger partial charge is 0.451 e. The van der Waals surface area contributed by atoms with E-state index in [4.69, 9.17) is 15.9 Å². The molecule has 1 atom stereocenters. The molecule has 0 radical (unpaired) electrons. The average molecular weight is 545 g/mol. The fraction of sp³-hybridized carbons (Fsp3) is 0.304. The summed E-state index contributed by atoms with van der Waals surface area (Å²) >= 11 is 0. The SMILES string of the molecule is N[C@@H](CC(=O)N1CCn2c(nnc2C(F)(F)F)C1)Cc1cc(F)c(F)cc1F.O=C(O)c1ccccc1O. The first-order valence-corrected chi connectivity index (χ1v) is 10.9. The van der Waals surface area contributed by atoms with E-state index >= 15 is 0 Å². The number of para-hydroxylation sites is 1. The van der Waals surface area contributed by atoms with Gasteiger partial charge in [-0.3, -0.25) is 4.79 Å². The van der Waals surface area contributed by atoms with Crippen LogP contribution in [0.5, 0.6) is 5.75 Å². The van der Waals surface area contributed by atoms with Gasteiger partial charge < -0.3 is 25.4 Å². The molecule has 1 aliphatic rings. The molecule has 2 aromatic carbocycles. The van der Waals surface area contributed by atoms with Crippen molar-refractivity contribution in [2.24, 2.45) is 5.73 Å². The highest BCUT2D eigenvalue weighted by atomic mass is 19.4. The van der Waals surface area contributed by atoms with Gasteiger partial charge in [-0.15, -0.1) is 10.2 Å². The molecule has 38 heavy (non-hydrogen) atoms. The number of benzene rings is 2. The fourth-order valence-corrected chi connectivity index (χ4v) is 3.66. The predicted molar refractivity (Wildman–Crippen MR) is 118 cm³/mol. The highest BCUT2D eigenvalue weighted by Crippen LogP contribution is 2.29. The zero-order valence-electron chi connectivity index (χ0n) is 19.4. The number of carboxylic acids is 1. The first kappa shape index (κ1) is 28.4. The number of carbonyl (C=O) groups is 2. The molecule has 0 spiro atoms. The van der Waals surface area contributed by atoms with Gasteiger partial charge in [-0.25, -0.2) is 18.0 Å². The van der Waals surface area contributed by atoms with E-state index in [0.29, 0.717) is 12.1 Å². The van der Waals surface area contributed by atoms with Crippen molar-refractivity contribution in [1.29, 1.82) is 0 Å². The molecular weight excluding hydrogens is 524 g/mol. The molecule has 0 saturated heterocycles. The number of rotatable bonds is 5. The minimum Gasteiger partial charge on any atom is -0.507 e. The molecule has 4 N–H and O–H groups in total. The van der Waals surface area contributed by atoms with Crippen LogP contribution < -0.4 is 5.73 Å². The number of hydrogen-bond acceptors (Lipinski definition) is 6.